The first-order chi connectivity index (χ1) is 15.1. The van der Waals surface area contributed by atoms with E-state index in [1.807, 2.05) is 61.5 Å². The number of aryl methyl sites for hydroxylation is 1. The van der Waals surface area contributed by atoms with E-state index in [1.54, 1.807) is 24.3 Å². The molecular formula is C26H19NO4. The number of benzene rings is 3. The van der Waals surface area contributed by atoms with Gasteiger partial charge in [-0.3, -0.25) is 14.5 Å². The number of para-hydroxylation sites is 1. The zero-order valence-corrected chi connectivity index (χ0v) is 16.8. The normalized spacial score (nSPS) is 18.1. The molecular weight excluding hydrogens is 390 g/mol. The molecule has 1 atom stereocenters. The number of carbonyl (C=O) groups is 2. The number of furan rings is 1. The third-order valence-corrected chi connectivity index (χ3v) is 5.65. The molecule has 5 nitrogen and oxygen atoms in total. The van der Waals surface area contributed by atoms with Crippen LogP contribution < -0.4 is 4.90 Å². The number of amides is 1. The molecule has 4 aromatic rings. The van der Waals surface area contributed by atoms with Gasteiger partial charge in [0.2, 0.25) is 0 Å². The molecule has 0 saturated carbocycles. The summed E-state index contributed by atoms with van der Waals surface area (Å²) in [7, 11) is 0. The highest BCUT2D eigenvalue weighted by molar-refractivity contribution is 6.51. The van der Waals surface area contributed by atoms with Crippen molar-refractivity contribution < 1.29 is 19.1 Å². The van der Waals surface area contributed by atoms with E-state index >= 15 is 0 Å². The maximum Gasteiger partial charge on any atom is 0.300 e. The summed E-state index contributed by atoms with van der Waals surface area (Å²) < 4.78 is 5.60. The molecule has 1 aliphatic rings. The number of Topliss-reactive ketones (excluding diaryl/α,β-unsaturated/α-hetero) is 1. The maximum atomic E-state index is 13.1. The minimum absolute atomic E-state index is 0.0125. The second-order valence-electron chi connectivity index (χ2n) is 7.53. The molecule has 1 N–H and O–H groups in total. The molecule has 31 heavy (non-hydrogen) atoms. The van der Waals surface area contributed by atoms with E-state index in [1.165, 1.54) is 11.2 Å². The van der Waals surface area contributed by atoms with Crippen molar-refractivity contribution in [2.75, 3.05) is 4.90 Å². The number of aliphatic hydroxyl groups is 1. The number of fused-ring (bicyclic) bond motifs is 1. The van der Waals surface area contributed by atoms with Gasteiger partial charge in [-0.2, -0.15) is 0 Å². The van der Waals surface area contributed by atoms with Crippen molar-refractivity contribution in [3.05, 3.63) is 108 Å². The fourth-order valence-corrected chi connectivity index (χ4v) is 4.12. The SMILES string of the molecule is Cc1ccccc1N1C(=O)C(=O)/C(=C(\O)c2ccc3ccccc3c2)C1c1ccco1. The second kappa shape index (κ2) is 7.29. The van der Waals surface area contributed by atoms with Crippen LogP contribution in [0.15, 0.2) is 95.1 Å². The second-order valence-corrected chi connectivity index (χ2v) is 7.53. The standard InChI is InChI=1S/C26H19NO4/c1-16-7-2-5-10-20(16)27-23(21-11-6-14-31-21)22(25(29)26(27)30)24(28)19-13-12-17-8-3-4-9-18(17)15-19/h2-15,23,28H,1H3/b24-22-. The molecule has 1 unspecified atom stereocenters. The van der Waals surface area contributed by atoms with Gasteiger partial charge in [0.1, 0.15) is 17.6 Å². The van der Waals surface area contributed by atoms with Crippen molar-refractivity contribution in [3.8, 4) is 0 Å². The molecule has 0 spiro atoms. The van der Waals surface area contributed by atoms with E-state index in [0.717, 1.165) is 16.3 Å². The smallest absolute Gasteiger partial charge is 0.300 e. The lowest BCUT2D eigenvalue weighted by Crippen LogP contribution is -2.29. The number of aliphatic hydroxyl groups excluding tert-OH is 1. The van der Waals surface area contributed by atoms with Crippen LogP contribution >= 0.6 is 0 Å². The molecule has 5 heteroatoms. The van der Waals surface area contributed by atoms with E-state index in [4.69, 9.17) is 4.42 Å². The van der Waals surface area contributed by atoms with Crippen LogP contribution in [0.1, 0.15) is 22.9 Å². The zero-order valence-electron chi connectivity index (χ0n) is 16.8. The molecule has 1 amide bonds. The summed E-state index contributed by atoms with van der Waals surface area (Å²) in [5, 5.41) is 13.2. The molecule has 0 radical (unpaired) electrons. The van der Waals surface area contributed by atoms with E-state index in [2.05, 4.69) is 0 Å². The van der Waals surface area contributed by atoms with Crippen LogP contribution in [-0.2, 0) is 9.59 Å². The quantitative estimate of drug-likeness (QED) is 0.281. The van der Waals surface area contributed by atoms with Crippen LogP contribution in [0.4, 0.5) is 5.69 Å². The first-order valence-electron chi connectivity index (χ1n) is 9.95. The van der Waals surface area contributed by atoms with E-state index < -0.39 is 17.7 Å². The third-order valence-electron chi connectivity index (χ3n) is 5.65. The van der Waals surface area contributed by atoms with Crippen molar-refractivity contribution >= 4 is 33.9 Å². The Kier molecular flexibility index (Phi) is 4.44. The van der Waals surface area contributed by atoms with Crippen LogP contribution in [0, 0.1) is 6.92 Å². The molecule has 2 heterocycles. The number of nitrogens with zero attached hydrogens (tertiary/aromatic N) is 1. The fraction of sp³-hybridized carbons (Fsp3) is 0.0769. The Bertz CT molecular complexity index is 1350. The minimum Gasteiger partial charge on any atom is -0.507 e. The highest BCUT2D eigenvalue weighted by Gasteiger charge is 2.48. The van der Waals surface area contributed by atoms with Gasteiger partial charge in [0.25, 0.3) is 11.7 Å². The van der Waals surface area contributed by atoms with Gasteiger partial charge in [-0.25, -0.2) is 0 Å². The molecule has 1 aliphatic heterocycles. The lowest BCUT2D eigenvalue weighted by Gasteiger charge is -2.24. The third kappa shape index (κ3) is 3.02. The summed E-state index contributed by atoms with van der Waals surface area (Å²) in [6, 6.07) is 23.1. The summed E-state index contributed by atoms with van der Waals surface area (Å²) >= 11 is 0. The highest BCUT2D eigenvalue weighted by atomic mass is 16.3. The van der Waals surface area contributed by atoms with Gasteiger partial charge < -0.3 is 9.52 Å². The average molecular weight is 409 g/mol. The van der Waals surface area contributed by atoms with Gasteiger partial charge in [-0.1, -0.05) is 54.6 Å². The Morgan fingerprint density at radius 3 is 2.39 bits per heavy atom. The molecule has 152 valence electrons. The van der Waals surface area contributed by atoms with Crippen LogP contribution in [0.2, 0.25) is 0 Å². The predicted octanol–water partition coefficient (Wildman–Crippen LogP) is 5.37. The molecule has 1 fully saturated rings. The Balaban J connectivity index is 1.73. The van der Waals surface area contributed by atoms with Crippen molar-refractivity contribution in [1.82, 2.24) is 0 Å². The minimum atomic E-state index is -0.859. The fourth-order valence-electron chi connectivity index (χ4n) is 4.12. The Morgan fingerprint density at radius 1 is 0.903 bits per heavy atom. The van der Waals surface area contributed by atoms with Crippen molar-refractivity contribution in [3.63, 3.8) is 0 Å². The monoisotopic (exact) mass is 409 g/mol. The van der Waals surface area contributed by atoms with Gasteiger partial charge in [0.05, 0.1) is 11.8 Å². The van der Waals surface area contributed by atoms with Crippen LogP contribution in [0.3, 0.4) is 0 Å². The average Bonchev–Trinajstić information content (AvgIpc) is 3.41. The number of hydrogen-bond donors (Lipinski definition) is 1. The number of ketones is 1. The maximum absolute atomic E-state index is 13.1. The number of hydrogen-bond acceptors (Lipinski definition) is 4. The largest absolute Gasteiger partial charge is 0.507 e. The Morgan fingerprint density at radius 2 is 1.65 bits per heavy atom. The number of carbonyl (C=O) groups excluding carboxylic acids is 2. The summed E-state index contributed by atoms with van der Waals surface area (Å²) in [5.74, 6) is -1.25. The van der Waals surface area contributed by atoms with Crippen LogP contribution in [-0.4, -0.2) is 16.8 Å². The van der Waals surface area contributed by atoms with E-state index in [9.17, 15) is 14.7 Å². The van der Waals surface area contributed by atoms with Crippen molar-refractivity contribution in [1.29, 1.82) is 0 Å². The molecule has 5 rings (SSSR count). The highest BCUT2D eigenvalue weighted by Crippen LogP contribution is 2.43. The van der Waals surface area contributed by atoms with Crippen LogP contribution in [0.25, 0.3) is 16.5 Å². The molecule has 3 aromatic carbocycles. The topological polar surface area (TPSA) is 70.8 Å². The van der Waals surface area contributed by atoms with E-state index in [-0.39, 0.29) is 11.3 Å². The van der Waals surface area contributed by atoms with Gasteiger partial charge in [0.15, 0.2) is 0 Å². The predicted molar refractivity (Wildman–Crippen MR) is 119 cm³/mol. The first kappa shape index (κ1) is 18.9. The Labute approximate surface area is 178 Å². The molecule has 1 saturated heterocycles. The number of anilines is 1. The number of rotatable bonds is 3. The zero-order chi connectivity index (χ0) is 21.5. The molecule has 0 aliphatic carbocycles. The Hall–Kier alpha value is -4.12. The van der Waals surface area contributed by atoms with Gasteiger partial charge in [-0.15, -0.1) is 0 Å². The summed E-state index contributed by atoms with van der Waals surface area (Å²) in [4.78, 5) is 27.7. The van der Waals surface area contributed by atoms with Crippen molar-refractivity contribution in [2.24, 2.45) is 0 Å². The molecule has 1 aromatic heterocycles. The van der Waals surface area contributed by atoms with Gasteiger partial charge in [0, 0.05) is 11.3 Å². The lowest BCUT2D eigenvalue weighted by molar-refractivity contribution is -0.132. The lowest BCUT2D eigenvalue weighted by atomic mass is 9.97. The summed E-state index contributed by atoms with van der Waals surface area (Å²) in [5.41, 5.74) is 1.92. The van der Waals surface area contributed by atoms with Crippen LogP contribution in [0.5, 0.6) is 0 Å². The van der Waals surface area contributed by atoms with Gasteiger partial charge >= 0.3 is 0 Å². The first-order valence-corrected chi connectivity index (χ1v) is 9.95. The molecule has 0 bridgehead atoms. The summed E-state index contributed by atoms with van der Waals surface area (Å²) in [6.45, 7) is 1.87. The summed E-state index contributed by atoms with van der Waals surface area (Å²) in [6.07, 6.45) is 1.49. The van der Waals surface area contributed by atoms with Crippen molar-refractivity contribution in [2.45, 2.75) is 13.0 Å². The van der Waals surface area contributed by atoms with Gasteiger partial charge in [-0.05, 0) is 47.5 Å². The van der Waals surface area contributed by atoms with E-state index in [0.29, 0.717) is 17.0 Å².